The molecule has 1 amide bonds. The maximum atomic E-state index is 12.0. The van der Waals surface area contributed by atoms with Crippen molar-refractivity contribution in [2.75, 3.05) is 11.9 Å². The van der Waals surface area contributed by atoms with Crippen LogP contribution >= 0.6 is 0 Å². The molecule has 2 aromatic rings. The van der Waals surface area contributed by atoms with E-state index in [1.165, 1.54) is 0 Å². The molecule has 2 N–H and O–H groups in total. The summed E-state index contributed by atoms with van der Waals surface area (Å²) < 4.78 is 5.45. The normalized spacial score (nSPS) is 11.9. The molecule has 4 nitrogen and oxygen atoms in total. The topological polar surface area (TPSA) is 54.3 Å². The first kappa shape index (κ1) is 15.2. The van der Waals surface area contributed by atoms with Crippen LogP contribution in [0.25, 0.3) is 0 Å². The summed E-state index contributed by atoms with van der Waals surface area (Å²) >= 11 is 0. The zero-order valence-corrected chi connectivity index (χ0v) is 12.6. The summed E-state index contributed by atoms with van der Waals surface area (Å²) in [5.41, 5.74) is 1.59. The van der Waals surface area contributed by atoms with Crippen LogP contribution in [0, 0.1) is 0 Å². The summed E-state index contributed by atoms with van der Waals surface area (Å²) in [6.07, 6.45) is 3.51. The zero-order chi connectivity index (χ0) is 15.1. The van der Waals surface area contributed by atoms with Crippen molar-refractivity contribution in [1.82, 2.24) is 5.32 Å². The fourth-order valence-corrected chi connectivity index (χ4v) is 2.16. The maximum Gasteiger partial charge on any atom is 0.251 e. The molecule has 0 bridgehead atoms. The Morgan fingerprint density at radius 1 is 1.24 bits per heavy atom. The Labute approximate surface area is 125 Å². The number of carbonyl (C=O) groups is 1. The van der Waals surface area contributed by atoms with Crippen LogP contribution in [0.1, 0.15) is 48.8 Å². The second-order valence-corrected chi connectivity index (χ2v) is 4.96. The standard InChI is InChI=1S/C17H22N2O2/c1-3-10-18-17(20)13-7-5-8-14(12-13)19-15(4-2)16-9-6-11-21-16/h5-9,11-12,15,19H,3-4,10H2,1-2H3,(H,18,20). The van der Waals surface area contributed by atoms with Crippen molar-refractivity contribution >= 4 is 11.6 Å². The molecule has 1 aromatic carbocycles. The van der Waals surface area contributed by atoms with Gasteiger partial charge in [0.15, 0.2) is 0 Å². The van der Waals surface area contributed by atoms with Crippen LogP contribution in [0.2, 0.25) is 0 Å². The van der Waals surface area contributed by atoms with Crippen LogP contribution < -0.4 is 10.6 Å². The Kier molecular flexibility index (Phi) is 5.43. The molecule has 21 heavy (non-hydrogen) atoms. The Morgan fingerprint density at radius 2 is 2.10 bits per heavy atom. The van der Waals surface area contributed by atoms with E-state index in [2.05, 4.69) is 17.6 Å². The van der Waals surface area contributed by atoms with Gasteiger partial charge < -0.3 is 15.1 Å². The lowest BCUT2D eigenvalue weighted by molar-refractivity contribution is 0.0953. The van der Waals surface area contributed by atoms with Crippen molar-refractivity contribution in [3.8, 4) is 0 Å². The summed E-state index contributed by atoms with van der Waals surface area (Å²) in [6, 6.07) is 11.5. The number of carbonyl (C=O) groups excluding carboxylic acids is 1. The highest BCUT2D eigenvalue weighted by Crippen LogP contribution is 2.23. The van der Waals surface area contributed by atoms with Crippen LogP contribution in [-0.4, -0.2) is 12.5 Å². The molecular formula is C17H22N2O2. The van der Waals surface area contributed by atoms with Gasteiger partial charge >= 0.3 is 0 Å². The second-order valence-electron chi connectivity index (χ2n) is 4.96. The number of furan rings is 1. The van der Waals surface area contributed by atoms with E-state index < -0.39 is 0 Å². The van der Waals surface area contributed by atoms with Gasteiger partial charge in [-0.2, -0.15) is 0 Å². The molecule has 4 heteroatoms. The van der Waals surface area contributed by atoms with Crippen molar-refractivity contribution in [3.05, 3.63) is 54.0 Å². The van der Waals surface area contributed by atoms with Gasteiger partial charge in [0, 0.05) is 17.8 Å². The summed E-state index contributed by atoms with van der Waals surface area (Å²) in [5.74, 6) is 0.866. The average Bonchev–Trinajstić information content (AvgIpc) is 3.04. The third-order valence-electron chi connectivity index (χ3n) is 3.30. The SMILES string of the molecule is CCCNC(=O)c1cccc(NC(CC)c2ccco2)c1. The highest BCUT2D eigenvalue weighted by Gasteiger charge is 2.12. The third kappa shape index (κ3) is 4.12. The van der Waals surface area contributed by atoms with Gasteiger partial charge in [-0.1, -0.05) is 19.9 Å². The van der Waals surface area contributed by atoms with Crippen molar-refractivity contribution in [1.29, 1.82) is 0 Å². The quantitative estimate of drug-likeness (QED) is 0.809. The van der Waals surface area contributed by atoms with Gasteiger partial charge in [0.05, 0.1) is 12.3 Å². The number of anilines is 1. The van der Waals surface area contributed by atoms with E-state index in [4.69, 9.17) is 4.42 Å². The van der Waals surface area contributed by atoms with E-state index in [1.807, 2.05) is 43.3 Å². The van der Waals surface area contributed by atoms with Gasteiger partial charge in [-0.15, -0.1) is 0 Å². The Balaban J connectivity index is 2.08. The van der Waals surface area contributed by atoms with Gasteiger partial charge in [0.25, 0.3) is 5.91 Å². The molecule has 1 atom stereocenters. The Hall–Kier alpha value is -2.23. The fourth-order valence-electron chi connectivity index (χ4n) is 2.16. The minimum atomic E-state index is -0.0356. The van der Waals surface area contributed by atoms with Crippen LogP contribution in [0.5, 0.6) is 0 Å². The zero-order valence-electron chi connectivity index (χ0n) is 12.6. The molecular weight excluding hydrogens is 264 g/mol. The third-order valence-corrected chi connectivity index (χ3v) is 3.30. The van der Waals surface area contributed by atoms with Gasteiger partial charge in [0.2, 0.25) is 0 Å². The number of benzene rings is 1. The molecule has 0 aliphatic rings. The number of rotatable bonds is 7. The van der Waals surface area contributed by atoms with Crippen LogP contribution in [0.3, 0.4) is 0 Å². The molecule has 0 saturated carbocycles. The van der Waals surface area contributed by atoms with Crippen LogP contribution in [0.15, 0.2) is 47.1 Å². The van der Waals surface area contributed by atoms with Crippen LogP contribution in [-0.2, 0) is 0 Å². The van der Waals surface area contributed by atoms with E-state index in [0.29, 0.717) is 12.1 Å². The lowest BCUT2D eigenvalue weighted by Crippen LogP contribution is -2.24. The summed E-state index contributed by atoms with van der Waals surface area (Å²) in [7, 11) is 0. The molecule has 0 aliphatic carbocycles. The molecule has 112 valence electrons. The Bertz CT molecular complexity index is 564. The first-order chi connectivity index (χ1) is 10.2. The van der Waals surface area contributed by atoms with E-state index >= 15 is 0 Å². The molecule has 2 rings (SSSR count). The minimum Gasteiger partial charge on any atom is -0.467 e. The number of hydrogen-bond acceptors (Lipinski definition) is 3. The predicted octanol–water partition coefficient (Wildman–Crippen LogP) is 3.98. The average molecular weight is 286 g/mol. The monoisotopic (exact) mass is 286 g/mol. The summed E-state index contributed by atoms with van der Waals surface area (Å²) in [4.78, 5) is 12.0. The molecule has 0 spiro atoms. The molecule has 1 heterocycles. The lowest BCUT2D eigenvalue weighted by Gasteiger charge is -2.16. The first-order valence-corrected chi connectivity index (χ1v) is 7.42. The highest BCUT2D eigenvalue weighted by molar-refractivity contribution is 5.95. The van der Waals surface area contributed by atoms with Crippen LogP contribution in [0.4, 0.5) is 5.69 Å². The van der Waals surface area contributed by atoms with E-state index in [9.17, 15) is 4.79 Å². The molecule has 0 fully saturated rings. The van der Waals surface area contributed by atoms with Gasteiger partial charge in [-0.05, 0) is 43.2 Å². The Morgan fingerprint density at radius 3 is 2.76 bits per heavy atom. The number of nitrogens with one attached hydrogen (secondary N) is 2. The number of amides is 1. The molecule has 0 saturated heterocycles. The number of hydrogen-bond donors (Lipinski definition) is 2. The van der Waals surface area contributed by atoms with E-state index in [-0.39, 0.29) is 11.9 Å². The summed E-state index contributed by atoms with van der Waals surface area (Å²) in [6.45, 7) is 4.83. The predicted molar refractivity (Wildman–Crippen MR) is 84.4 cm³/mol. The van der Waals surface area contributed by atoms with Gasteiger partial charge in [-0.3, -0.25) is 4.79 Å². The molecule has 1 aromatic heterocycles. The minimum absolute atomic E-state index is 0.0356. The van der Waals surface area contributed by atoms with Gasteiger partial charge in [0.1, 0.15) is 5.76 Å². The highest BCUT2D eigenvalue weighted by atomic mass is 16.3. The fraction of sp³-hybridized carbons (Fsp3) is 0.353. The van der Waals surface area contributed by atoms with Crippen molar-refractivity contribution in [2.24, 2.45) is 0 Å². The lowest BCUT2D eigenvalue weighted by atomic mass is 10.1. The van der Waals surface area contributed by atoms with Gasteiger partial charge in [-0.25, -0.2) is 0 Å². The molecule has 0 radical (unpaired) electrons. The second kappa shape index (κ2) is 7.53. The largest absolute Gasteiger partial charge is 0.467 e. The summed E-state index contributed by atoms with van der Waals surface area (Å²) in [5, 5.41) is 6.29. The molecule has 0 aliphatic heterocycles. The van der Waals surface area contributed by atoms with Crippen molar-refractivity contribution in [3.63, 3.8) is 0 Å². The first-order valence-electron chi connectivity index (χ1n) is 7.42. The maximum absolute atomic E-state index is 12.0. The van der Waals surface area contributed by atoms with Crippen molar-refractivity contribution < 1.29 is 9.21 Å². The van der Waals surface area contributed by atoms with E-state index in [1.54, 1.807) is 6.26 Å². The van der Waals surface area contributed by atoms with Crippen molar-refractivity contribution in [2.45, 2.75) is 32.7 Å². The smallest absolute Gasteiger partial charge is 0.251 e. The van der Waals surface area contributed by atoms with E-state index in [0.717, 1.165) is 24.3 Å². The molecule has 1 unspecified atom stereocenters.